The van der Waals surface area contributed by atoms with Crippen molar-refractivity contribution in [2.24, 2.45) is 0 Å². The van der Waals surface area contributed by atoms with Crippen molar-refractivity contribution in [3.63, 3.8) is 0 Å². The molecule has 0 aromatic heterocycles. The first-order valence-electron chi connectivity index (χ1n) is 5.47. The Hall–Kier alpha value is -1.06. The molecule has 0 fully saturated rings. The Balaban J connectivity index is 2.36. The van der Waals surface area contributed by atoms with Crippen molar-refractivity contribution in [3.8, 4) is 0 Å². The molecule has 1 heterocycles. The van der Waals surface area contributed by atoms with Gasteiger partial charge in [0.2, 0.25) is 5.91 Å². The fourth-order valence-corrected chi connectivity index (χ4v) is 2.28. The molecule has 1 unspecified atom stereocenters. The minimum Gasteiger partial charge on any atom is -0.323 e. The van der Waals surface area contributed by atoms with Crippen LogP contribution in [-0.4, -0.2) is 12.5 Å². The van der Waals surface area contributed by atoms with Gasteiger partial charge in [0.25, 0.3) is 0 Å². The molecule has 1 aromatic carbocycles. The zero-order chi connectivity index (χ0) is 11.7. The largest absolute Gasteiger partial charge is 0.323 e. The van der Waals surface area contributed by atoms with Gasteiger partial charge >= 0.3 is 0 Å². The van der Waals surface area contributed by atoms with E-state index in [9.17, 15) is 4.79 Å². The molecule has 0 bridgehead atoms. The van der Waals surface area contributed by atoms with E-state index in [1.54, 1.807) is 0 Å². The van der Waals surface area contributed by atoms with E-state index < -0.39 is 0 Å². The maximum absolute atomic E-state index is 11.8. The van der Waals surface area contributed by atoms with Gasteiger partial charge in [0.1, 0.15) is 6.04 Å². The maximum atomic E-state index is 11.8. The van der Waals surface area contributed by atoms with Crippen LogP contribution in [0.4, 0.5) is 5.69 Å². The molecule has 0 saturated heterocycles. The first-order valence-corrected chi connectivity index (χ1v) is 5.85. The van der Waals surface area contributed by atoms with Crippen molar-refractivity contribution in [2.45, 2.75) is 26.3 Å². The summed E-state index contributed by atoms with van der Waals surface area (Å²) in [6.45, 7) is 4.87. The van der Waals surface area contributed by atoms with Gasteiger partial charge in [-0.3, -0.25) is 4.79 Å². The zero-order valence-corrected chi connectivity index (χ0v) is 10.2. The van der Waals surface area contributed by atoms with Gasteiger partial charge in [-0.15, -0.1) is 0 Å². The summed E-state index contributed by atoms with van der Waals surface area (Å²) in [5, 5.41) is 6.65. The molecule has 0 aliphatic carbocycles. The number of rotatable bonds is 3. The normalized spacial score (nSPS) is 18.4. The number of nitrogens with one attached hydrogen (secondary N) is 2. The number of amides is 1. The van der Waals surface area contributed by atoms with Crippen LogP contribution in [0.25, 0.3) is 0 Å². The zero-order valence-electron chi connectivity index (χ0n) is 9.43. The van der Waals surface area contributed by atoms with Crippen LogP contribution in [0.1, 0.15) is 30.5 Å². The number of halogens is 1. The van der Waals surface area contributed by atoms with Gasteiger partial charge in [0, 0.05) is 5.56 Å². The number of hydrogen-bond donors (Lipinski definition) is 2. The van der Waals surface area contributed by atoms with Crippen LogP contribution < -0.4 is 10.6 Å². The maximum Gasteiger partial charge on any atom is 0.246 e. The van der Waals surface area contributed by atoms with Crippen molar-refractivity contribution < 1.29 is 4.79 Å². The third kappa shape index (κ3) is 1.93. The van der Waals surface area contributed by atoms with Crippen molar-refractivity contribution in [2.75, 3.05) is 11.9 Å². The number of hydrogen-bond acceptors (Lipinski definition) is 2. The van der Waals surface area contributed by atoms with Crippen molar-refractivity contribution in [1.29, 1.82) is 0 Å². The second kappa shape index (κ2) is 4.44. The Labute approximate surface area is 100 Å². The molecule has 2 N–H and O–H groups in total. The third-order valence-corrected chi connectivity index (χ3v) is 2.98. The molecule has 1 aliphatic rings. The highest BCUT2D eigenvalue weighted by Crippen LogP contribution is 2.37. The number of carbonyl (C=O) groups is 1. The molecule has 1 aliphatic heterocycles. The SMILES string of the molecule is CCCNC1C(=O)Nc2c(Cl)cc(C)cc21. The quantitative estimate of drug-likeness (QED) is 0.850. The van der Waals surface area contributed by atoms with Gasteiger partial charge in [-0.1, -0.05) is 24.6 Å². The Kier molecular flexibility index (Phi) is 3.17. The van der Waals surface area contributed by atoms with E-state index in [2.05, 4.69) is 17.6 Å². The first-order chi connectivity index (χ1) is 7.63. The summed E-state index contributed by atoms with van der Waals surface area (Å²) in [5.74, 6) is -0.0176. The molecule has 16 heavy (non-hydrogen) atoms. The molecule has 1 amide bonds. The van der Waals surface area contributed by atoms with E-state index in [0.717, 1.165) is 29.8 Å². The number of anilines is 1. The number of benzene rings is 1. The van der Waals surface area contributed by atoms with Crippen molar-refractivity contribution in [3.05, 3.63) is 28.3 Å². The predicted octanol–water partition coefficient (Wildman–Crippen LogP) is 2.64. The van der Waals surface area contributed by atoms with E-state index in [4.69, 9.17) is 11.6 Å². The van der Waals surface area contributed by atoms with Gasteiger partial charge < -0.3 is 10.6 Å². The lowest BCUT2D eigenvalue weighted by Crippen LogP contribution is -2.28. The van der Waals surface area contributed by atoms with Gasteiger partial charge in [0.15, 0.2) is 0 Å². The number of fused-ring (bicyclic) bond motifs is 1. The highest BCUT2D eigenvalue weighted by atomic mass is 35.5. The highest BCUT2D eigenvalue weighted by molar-refractivity contribution is 6.34. The van der Waals surface area contributed by atoms with Crippen LogP contribution in [0.5, 0.6) is 0 Å². The van der Waals surface area contributed by atoms with Gasteiger partial charge in [0.05, 0.1) is 10.7 Å². The molecule has 1 aromatic rings. The third-order valence-electron chi connectivity index (χ3n) is 2.68. The molecular weight excluding hydrogens is 224 g/mol. The summed E-state index contributed by atoms with van der Waals surface area (Å²) in [6.07, 6.45) is 0.999. The van der Waals surface area contributed by atoms with E-state index >= 15 is 0 Å². The molecular formula is C12H15ClN2O. The van der Waals surface area contributed by atoms with E-state index in [1.807, 2.05) is 19.1 Å². The summed E-state index contributed by atoms with van der Waals surface area (Å²) < 4.78 is 0. The van der Waals surface area contributed by atoms with Crippen LogP contribution in [0, 0.1) is 6.92 Å². The second-order valence-electron chi connectivity index (χ2n) is 4.09. The molecule has 4 heteroatoms. The van der Waals surface area contributed by atoms with Crippen molar-refractivity contribution in [1.82, 2.24) is 5.32 Å². The summed E-state index contributed by atoms with van der Waals surface area (Å²) in [4.78, 5) is 11.8. The lowest BCUT2D eigenvalue weighted by Gasteiger charge is -2.11. The van der Waals surface area contributed by atoms with E-state index in [1.165, 1.54) is 0 Å². The average Bonchev–Trinajstić information content (AvgIpc) is 2.53. The summed E-state index contributed by atoms with van der Waals surface area (Å²) in [6, 6.07) is 3.61. The van der Waals surface area contributed by atoms with E-state index in [0.29, 0.717) is 5.02 Å². The molecule has 0 radical (unpaired) electrons. The molecule has 0 spiro atoms. The lowest BCUT2D eigenvalue weighted by molar-refractivity contribution is -0.117. The predicted molar refractivity (Wildman–Crippen MR) is 65.9 cm³/mol. The number of carbonyl (C=O) groups excluding carboxylic acids is 1. The Morgan fingerprint density at radius 2 is 2.25 bits per heavy atom. The highest BCUT2D eigenvalue weighted by Gasteiger charge is 2.31. The van der Waals surface area contributed by atoms with Gasteiger partial charge in [-0.05, 0) is 31.5 Å². The first kappa shape index (κ1) is 11.4. The summed E-state index contributed by atoms with van der Waals surface area (Å²) >= 11 is 6.10. The molecule has 86 valence electrons. The molecule has 3 nitrogen and oxygen atoms in total. The average molecular weight is 239 g/mol. The monoisotopic (exact) mass is 238 g/mol. The number of aryl methyl sites for hydroxylation is 1. The second-order valence-corrected chi connectivity index (χ2v) is 4.49. The summed E-state index contributed by atoms with van der Waals surface area (Å²) in [7, 11) is 0. The molecule has 1 atom stereocenters. The molecule has 2 rings (SSSR count). The fraction of sp³-hybridized carbons (Fsp3) is 0.417. The van der Waals surface area contributed by atoms with Gasteiger partial charge in [-0.25, -0.2) is 0 Å². The fourth-order valence-electron chi connectivity index (χ4n) is 1.96. The topological polar surface area (TPSA) is 41.1 Å². The Morgan fingerprint density at radius 3 is 2.94 bits per heavy atom. The Bertz CT molecular complexity index is 431. The lowest BCUT2D eigenvalue weighted by atomic mass is 10.1. The smallest absolute Gasteiger partial charge is 0.246 e. The molecule has 0 saturated carbocycles. The minimum atomic E-state index is -0.257. The minimum absolute atomic E-state index is 0.0176. The van der Waals surface area contributed by atoms with E-state index in [-0.39, 0.29) is 11.9 Å². The standard InChI is InChI=1S/C12H15ClN2O/c1-3-4-14-11-8-5-7(2)6-9(13)10(8)15-12(11)16/h5-6,11,14H,3-4H2,1-2H3,(H,15,16). The van der Waals surface area contributed by atoms with Crippen LogP contribution in [0.3, 0.4) is 0 Å². The summed E-state index contributed by atoms with van der Waals surface area (Å²) in [5.41, 5.74) is 2.79. The van der Waals surface area contributed by atoms with Crippen LogP contribution >= 0.6 is 11.6 Å². The van der Waals surface area contributed by atoms with Crippen LogP contribution in [0.2, 0.25) is 5.02 Å². The van der Waals surface area contributed by atoms with Crippen LogP contribution in [-0.2, 0) is 4.79 Å². The Morgan fingerprint density at radius 1 is 1.50 bits per heavy atom. The van der Waals surface area contributed by atoms with Crippen LogP contribution in [0.15, 0.2) is 12.1 Å². The van der Waals surface area contributed by atoms with Crippen molar-refractivity contribution >= 4 is 23.2 Å². The van der Waals surface area contributed by atoms with Gasteiger partial charge in [-0.2, -0.15) is 0 Å².